The van der Waals surface area contributed by atoms with Gasteiger partial charge >= 0.3 is 0 Å². The third kappa shape index (κ3) is 4.32. The molecule has 3 rings (SSSR count). The van der Waals surface area contributed by atoms with Gasteiger partial charge in [0.25, 0.3) is 0 Å². The number of hydrogen-bond acceptors (Lipinski definition) is 7. The molecule has 0 aromatic heterocycles. The maximum absolute atomic E-state index is 12.7. The summed E-state index contributed by atoms with van der Waals surface area (Å²) in [6, 6.07) is -0.930. The zero-order valence-corrected chi connectivity index (χ0v) is 16.6. The van der Waals surface area contributed by atoms with Gasteiger partial charge in [-0.3, -0.25) is 4.79 Å². The fourth-order valence-corrected chi connectivity index (χ4v) is 4.67. The highest BCUT2D eigenvalue weighted by Gasteiger charge is 2.49. The van der Waals surface area contributed by atoms with Crippen LogP contribution < -0.4 is 10.6 Å². The van der Waals surface area contributed by atoms with Crippen LogP contribution in [-0.4, -0.2) is 81.3 Å². The first-order chi connectivity index (χ1) is 12.3. The van der Waals surface area contributed by atoms with E-state index in [1.807, 2.05) is 0 Å². The van der Waals surface area contributed by atoms with Gasteiger partial charge in [0.15, 0.2) is 0 Å². The number of rotatable bonds is 7. The third-order valence-corrected chi connectivity index (χ3v) is 6.81. The molecule has 0 aromatic carbocycles. The molecular formula is C17H29ClN2O5S. The lowest BCUT2D eigenvalue weighted by Crippen LogP contribution is -2.67. The minimum atomic E-state index is -1.36. The van der Waals surface area contributed by atoms with Crippen molar-refractivity contribution in [2.75, 3.05) is 12.8 Å². The Bertz CT molecular complexity index is 508. The summed E-state index contributed by atoms with van der Waals surface area (Å²) in [5.41, 5.74) is -0.697. The molecule has 2 aliphatic heterocycles. The zero-order chi connectivity index (χ0) is 19.0. The Morgan fingerprint density at radius 2 is 2.00 bits per heavy atom. The van der Waals surface area contributed by atoms with Gasteiger partial charge in [-0.05, 0) is 31.4 Å². The Morgan fingerprint density at radius 3 is 2.50 bits per heavy atom. The van der Waals surface area contributed by atoms with Crippen LogP contribution in [0, 0.1) is 11.8 Å². The van der Waals surface area contributed by atoms with Crippen molar-refractivity contribution in [1.82, 2.24) is 10.6 Å². The molecular weight excluding hydrogens is 380 g/mol. The third-order valence-electron chi connectivity index (χ3n) is 5.68. The summed E-state index contributed by atoms with van der Waals surface area (Å²) in [4.78, 5) is 12.7. The quantitative estimate of drug-likeness (QED) is 0.366. The Hall–Kier alpha value is -0.0900. The van der Waals surface area contributed by atoms with Crippen molar-refractivity contribution < 1.29 is 24.9 Å². The van der Waals surface area contributed by atoms with E-state index < -0.39 is 41.3 Å². The molecule has 150 valence electrons. The first kappa shape index (κ1) is 20.6. The number of aliphatic hydroxyl groups excluding tert-OH is 3. The van der Waals surface area contributed by atoms with E-state index >= 15 is 0 Å². The number of halogens is 1. The predicted molar refractivity (Wildman–Crippen MR) is 100 cm³/mol. The Kier molecular flexibility index (Phi) is 6.75. The largest absolute Gasteiger partial charge is 0.388 e. The highest BCUT2D eigenvalue weighted by atomic mass is 35.5. The maximum atomic E-state index is 12.7. The summed E-state index contributed by atoms with van der Waals surface area (Å²) in [5.74, 6) is 0.927. The number of alkyl halides is 1. The van der Waals surface area contributed by atoms with E-state index in [0.717, 1.165) is 18.9 Å². The van der Waals surface area contributed by atoms with Gasteiger partial charge in [0.05, 0.1) is 17.5 Å². The van der Waals surface area contributed by atoms with Crippen LogP contribution in [0.15, 0.2) is 0 Å². The van der Waals surface area contributed by atoms with Crippen molar-refractivity contribution in [3.63, 3.8) is 0 Å². The fourth-order valence-electron chi connectivity index (χ4n) is 3.79. The fraction of sp³-hybridized carbons (Fsp3) is 0.941. The van der Waals surface area contributed by atoms with E-state index in [0.29, 0.717) is 5.92 Å². The molecule has 3 aliphatic rings. The van der Waals surface area contributed by atoms with Gasteiger partial charge in [-0.2, -0.15) is 0 Å². The van der Waals surface area contributed by atoms with Gasteiger partial charge < -0.3 is 30.7 Å². The highest BCUT2D eigenvalue weighted by Crippen LogP contribution is 2.38. The lowest BCUT2D eigenvalue weighted by Gasteiger charge is -2.45. The smallest absolute Gasteiger partial charge is 0.237 e. The SMILES string of the molecule is CS[C@H]1OC([C@H](NC(=O)[C@H]2NC[C@@H]2CC2CC2)[C@H](C)Cl)[C@H](O)[C@H](O)[C@H]1O. The molecule has 0 spiro atoms. The lowest BCUT2D eigenvalue weighted by atomic mass is 9.85. The molecule has 1 aliphatic carbocycles. The molecule has 0 aromatic rings. The number of aliphatic hydroxyl groups is 3. The molecule has 1 amide bonds. The predicted octanol–water partition coefficient (Wildman–Crippen LogP) is -0.343. The molecule has 7 nitrogen and oxygen atoms in total. The summed E-state index contributed by atoms with van der Waals surface area (Å²) in [6.45, 7) is 2.56. The topological polar surface area (TPSA) is 111 Å². The van der Waals surface area contributed by atoms with Crippen molar-refractivity contribution in [2.24, 2.45) is 11.8 Å². The van der Waals surface area contributed by atoms with Crippen molar-refractivity contribution in [3.8, 4) is 0 Å². The molecule has 3 fully saturated rings. The van der Waals surface area contributed by atoms with Crippen LogP contribution >= 0.6 is 23.4 Å². The average Bonchev–Trinajstić information content (AvgIpc) is 3.39. The molecule has 2 heterocycles. The molecule has 5 N–H and O–H groups in total. The first-order valence-electron chi connectivity index (χ1n) is 9.23. The van der Waals surface area contributed by atoms with Crippen molar-refractivity contribution in [1.29, 1.82) is 0 Å². The maximum Gasteiger partial charge on any atom is 0.237 e. The van der Waals surface area contributed by atoms with Gasteiger partial charge in [0.2, 0.25) is 5.91 Å². The van der Waals surface area contributed by atoms with E-state index in [1.54, 1.807) is 13.2 Å². The average molecular weight is 409 g/mol. The van der Waals surface area contributed by atoms with E-state index in [9.17, 15) is 20.1 Å². The van der Waals surface area contributed by atoms with Gasteiger partial charge in [-0.1, -0.05) is 12.8 Å². The summed E-state index contributed by atoms with van der Waals surface area (Å²) >= 11 is 7.52. The first-order valence-corrected chi connectivity index (χ1v) is 11.0. The number of amides is 1. The minimum absolute atomic E-state index is 0.156. The molecule has 9 heteroatoms. The summed E-state index contributed by atoms with van der Waals surface area (Å²) in [5, 5.41) is 36.1. The second-order valence-corrected chi connectivity index (χ2v) is 9.34. The van der Waals surface area contributed by atoms with E-state index in [2.05, 4.69) is 10.6 Å². The minimum Gasteiger partial charge on any atom is -0.388 e. The van der Waals surface area contributed by atoms with Gasteiger partial charge in [-0.15, -0.1) is 23.4 Å². The van der Waals surface area contributed by atoms with Crippen molar-refractivity contribution in [3.05, 3.63) is 0 Å². The summed E-state index contributed by atoms with van der Waals surface area (Å²) in [6.07, 6.45) is 0.526. The van der Waals surface area contributed by atoms with Crippen LogP contribution in [0.4, 0.5) is 0 Å². The molecule has 2 saturated heterocycles. The monoisotopic (exact) mass is 408 g/mol. The number of carbonyl (C=O) groups excluding carboxylic acids is 1. The van der Waals surface area contributed by atoms with Crippen molar-refractivity contribution in [2.45, 2.75) is 73.5 Å². The molecule has 0 bridgehead atoms. The van der Waals surface area contributed by atoms with Crippen LogP contribution in [0.2, 0.25) is 0 Å². The van der Waals surface area contributed by atoms with Crippen LogP contribution in [-0.2, 0) is 9.53 Å². The second kappa shape index (κ2) is 8.51. The summed E-state index contributed by atoms with van der Waals surface area (Å²) < 4.78 is 5.77. The van der Waals surface area contributed by atoms with E-state index in [1.165, 1.54) is 24.6 Å². The van der Waals surface area contributed by atoms with Gasteiger partial charge in [-0.25, -0.2) is 0 Å². The molecule has 1 saturated carbocycles. The van der Waals surface area contributed by atoms with Crippen LogP contribution in [0.5, 0.6) is 0 Å². The van der Waals surface area contributed by atoms with E-state index in [4.69, 9.17) is 16.3 Å². The van der Waals surface area contributed by atoms with E-state index in [-0.39, 0.29) is 11.9 Å². The Morgan fingerprint density at radius 1 is 1.31 bits per heavy atom. The van der Waals surface area contributed by atoms with Crippen LogP contribution in [0.3, 0.4) is 0 Å². The van der Waals surface area contributed by atoms with Crippen molar-refractivity contribution >= 4 is 29.3 Å². The highest BCUT2D eigenvalue weighted by molar-refractivity contribution is 7.99. The number of ether oxygens (including phenoxy) is 1. The number of carbonyl (C=O) groups is 1. The molecule has 9 atom stereocenters. The standard InChI is InChI=1S/C17H29ClN2O5S/c1-7(18)10(15-13(22)12(21)14(23)17(25-15)26-2)20-16(24)11-9(6-19-11)5-8-3-4-8/h7-15,17,19,21-23H,3-6H2,1-2H3,(H,20,24)/t7-,9-,10+,11-,12-,13+,14+,15?,17+/m0/s1. The normalized spacial score (nSPS) is 42.6. The van der Waals surface area contributed by atoms with Gasteiger partial charge in [0, 0.05) is 6.54 Å². The lowest BCUT2D eigenvalue weighted by molar-refractivity contribution is -0.205. The number of hydrogen-bond donors (Lipinski definition) is 5. The van der Waals surface area contributed by atoms with Crippen LogP contribution in [0.25, 0.3) is 0 Å². The molecule has 0 radical (unpaired) electrons. The Labute approximate surface area is 163 Å². The second-order valence-electron chi connectivity index (χ2n) is 7.71. The molecule has 26 heavy (non-hydrogen) atoms. The number of nitrogens with one attached hydrogen (secondary N) is 2. The number of thioether (sulfide) groups is 1. The van der Waals surface area contributed by atoms with Gasteiger partial charge in [0.1, 0.15) is 29.9 Å². The Balaban J connectivity index is 1.65. The zero-order valence-electron chi connectivity index (χ0n) is 15.0. The summed E-state index contributed by atoms with van der Waals surface area (Å²) in [7, 11) is 0. The van der Waals surface area contributed by atoms with Crippen LogP contribution in [0.1, 0.15) is 26.2 Å². The molecule has 1 unspecified atom stereocenters.